The number of nitrogens with one attached hydrogen (secondary N) is 9. The van der Waals surface area contributed by atoms with Gasteiger partial charge in [-0.25, -0.2) is 4.79 Å². The molecule has 36 nitrogen and oxygen atoms in total. The number of ether oxygens (including phenoxy) is 6. The number of pyridine rings is 1. The molecule has 1 aromatic heterocycles. The first kappa shape index (κ1) is 87.4. The molecule has 0 saturated carbocycles. The summed E-state index contributed by atoms with van der Waals surface area (Å²) in [6, 6.07) is 9.68. The zero-order valence-corrected chi connectivity index (χ0v) is 66.0. The number of benzene rings is 6. The van der Waals surface area contributed by atoms with Gasteiger partial charge in [-0.1, -0.05) is 79.5 Å². The molecule has 7 aliphatic rings. The van der Waals surface area contributed by atoms with Gasteiger partial charge in [0.15, 0.2) is 29.9 Å². The van der Waals surface area contributed by atoms with Gasteiger partial charge >= 0.3 is 5.97 Å². The molecule has 634 valence electrons. The van der Waals surface area contributed by atoms with Crippen molar-refractivity contribution in [2.24, 2.45) is 11.7 Å². The number of rotatable bonds is 21. The van der Waals surface area contributed by atoms with Crippen LogP contribution in [0.2, 0.25) is 10.0 Å². The molecule has 2 saturated heterocycles. The number of phenols is 3. The van der Waals surface area contributed by atoms with E-state index in [9.17, 15) is 70.6 Å². The first-order valence-corrected chi connectivity index (χ1v) is 38.7. The van der Waals surface area contributed by atoms with E-state index in [0.717, 1.165) is 77.4 Å². The minimum Gasteiger partial charge on any atom is -0.507 e. The lowest BCUT2D eigenvalue weighted by Crippen LogP contribution is -2.65. The molecule has 14 rings (SSSR count). The predicted octanol–water partition coefficient (Wildman–Crippen LogP) is 2.08. The van der Waals surface area contributed by atoms with E-state index in [4.69, 9.17) is 57.4 Å². The molecule has 22 N–H and O–H groups in total. The number of aromatic nitrogens is 1. The van der Waals surface area contributed by atoms with Gasteiger partial charge in [-0.2, -0.15) is 0 Å². The third-order valence-electron chi connectivity index (χ3n) is 21.3. The molecule has 11 bridgehead atoms. The van der Waals surface area contributed by atoms with Crippen LogP contribution in [0.4, 0.5) is 0 Å². The molecule has 8 heterocycles. The number of hydrogen-bond acceptors (Lipinski definition) is 28. The van der Waals surface area contributed by atoms with E-state index in [1.165, 1.54) is 19.2 Å². The van der Waals surface area contributed by atoms with Crippen LogP contribution in [0.1, 0.15) is 116 Å². The van der Waals surface area contributed by atoms with Crippen LogP contribution in [0.5, 0.6) is 46.0 Å². The van der Waals surface area contributed by atoms with Crippen molar-refractivity contribution in [1.29, 1.82) is 0 Å². The topological polar surface area (TPSA) is 562 Å². The number of nitrogens with zero attached hydrogens (tertiary/aromatic N) is 1. The van der Waals surface area contributed by atoms with Crippen molar-refractivity contribution in [3.63, 3.8) is 0 Å². The number of hydrogen-bond donors (Lipinski definition) is 21. The number of carboxylic acids is 1. The molecule has 7 amide bonds. The van der Waals surface area contributed by atoms with Gasteiger partial charge in [0.25, 0.3) is 0 Å². The number of aliphatic hydroxyl groups is 7. The Labute approximate surface area is 689 Å². The highest BCUT2D eigenvalue weighted by Gasteiger charge is 2.52. The number of carbonyl (C=O) groups is 8. The summed E-state index contributed by atoms with van der Waals surface area (Å²) < 4.78 is 39.5. The molecule has 2 fully saturated rings. The molecule has 0 unspecified atom stereocenters. The van der Waals surface area contributed by atoms with Gasteiger partial charge in [-0.05, 0) is 139 Å². The first-order valence-electron chi connectivity index (χ1n) is 37.9. The SMILES string of the molecule is CN[C@H](CC(C)C)C(=O)N[C@H]1C(=O)N[C@@H](CC(N)=O)C(=O)N[C@H]2C(=O)N[C@H]3C(=O)N[C@H](C(=O)N[C@H](C(=O)O)c4cc(O)c(CNCCO)c(O)c4-c4cc3ccc4O)[C@H](O)c3ccc(c(Cl)c3)Oc3cc2cc(c3O[C@@H]2O[C@H](CO)[C@@H](O)[C@H](O)[C@H]2O[C@H]2C[C@](C)(NCc3ccc(-c4ccncc4)cc3)[C@H](O)[C@H](C)O2)Oc2ccc(cc2Cl)[C@H]1O. The predicted molar refractivity (Wildman–Crippen MR) is 420 cm³/mol. The minimum absolute atomic E-state index is 0.104. The van der Waals surface area contributed by atoms with Crippen molar-refractivity contribution in [3.05, 3.63) is 171 Å². The van der Waals surface area contributed by atoms with Crippen LogP contribution in [-0.2, 0) is 65.7 Å². The molecule has 18 atom stereocenters. The van der Waals surface area contributed by atoms with Crippen molar-refractivity contribution < 1.29 is 123 Å². The smallest absolute Gasteiger partial charge is 0.330 e. The Bertz CT molecular complexity index is 4980. The number of fused-ring (bicyclic) bond motifs is 15. The molecular formula is C81H91Cl2N11O25. The molecule has 0 spiro atoms. The Balaban J connectivity index is 1.05. The fourth-order valence-electron chi connectivity index (χ4n) is 14.8. The molecular weight excluding hydrogens is 1600 g/mol. The zero-order valence-electron chi connectivity index (χ0n) is 64.5. The summed E-state index contributed by atoms with van der Waals surface area (Å²) in [5.41, 5.74) is 3.84. The number of phenolic OH excluding ortho intramolecular Hbond substituents is 3. The summed E-state index contributed by atoms with van der Waals surface area (Å²) in [6.45, 7) is 5.18. The molecule has 0 radical (unpaired) electrons. The Morgan fingerprint density at radius 2 is 1.31 bits per heavy atom. The lowest BCUT2D eigenvalue weighted by Gasteiger charge is -2.48. The highest BCUT2D eigenvalue weighted by molar-refractivity contribution is 6.32. The second-order valence-electron chi connectivity index (χ2n) is 30.1. The summed E-state index contributed by atoms with van der Waals surface area (Å²) in [5, 5.41) is 151. The fraction of sp³-hybridized carbons (Fsp3) is 0.395. The van der Waals surface area contributed by atoms with Crippen LogP contribution in [0, 0.1) is 5.92 Å². The summed E-state index contributed by atoms with van der Waals surface area (Å²) in [6.07, 6.45) is -15.4. The van der Waals surface area contributed by atoms with E-state index in [0.29, 0.717) is 0 Å². The average Bonchev–Trinajstić information content (AvgIpc) is 0.759. The lowest BCUT2D eigenvalue weighted by atomic mass is 9.84. The number of likely N-dealkylation sites (N-methyl/N-ethyl adjacent to an activating group) is 1. The van der Waals surface area contributed by atoms with E-state index in [1.54, 1.807) is 26.2 Å². The van der Waals surface area contributed by atoms with Crippen LogP contribution < -0.4 is 67.8 Å². The van der Waals surface area contributed by atoms with E-state index in [1.807, 2.05) is 50.2 Å². The van der Waals surface area contributed by atoms with E-state index in [2.05, 4.69) is 52.8 Å². The molecule has 7 aliphatic heterocycles. The average molecular weight is 1690 g/mol. The summed E-state index contributed by atoms with van der Waals surface area (Å²) in [5.74, 6) is -16.3. The summed E-state index contributed by atoms with van der Waals surface area (Å²) in [4.78, 5) is 123. The van der Waals surface area contributed by atoms with Crippen molar-refractivity contribution in [3.8, 4) is 68.2 Å². The van der Waals surface area contributed by atoms with Crippen LogP contribution in [-0.4, -0.2) is 214 Å². The van der Waals surface area contributed by atoms with Gasteiger partial charge in [-0.3, -0.25) is 38.5 Å². The quantitative estimate of drug-likeness (QED) is 0.0458. The number of aliphatic carboxylic acids is 1. The largest absolute Gasteiger partial charge is 0.507 e. The van der Waals surface area contributed by atoms with Gasteiger partial charge < -0.3 is 138 Å². The maximum atomic E-state index is 16.3. The monoisotopic (exact) mass is 1690 g/mol. The number of halogens is 2. The maximum Gasteiger partial charge on any atom is 0.330 e. The second-order valence-corrected chi connectivity index (χ2v) is 30.9. The van der Waals surface area contributed by atoms with Crippen LogP contribution >= 0.6 is 23.2 Å². The van der Waals surface area contributed by atoms with Gasteiger partial charge in [0.2, 0.25) is 53.4 Å². The van der Waals surface area contributed by atoms with Crippen molar-refractivity contribution in [1.82, 2.24) is 52.8 Å². The number of nitrogens with two attached hydrogens (primary N) is 1. The number of aromatic hydroxyl groups is 3. The lowest BCUT2D eigenvalue weighted by molar-refractivity contribution is -0.334. The molecule has 119 heavy (non-hydrogen) atoms. The number of aliphatic hydroxyl groups excluding tert-OH is 7. The fourth-order valence-corrected chi connectivity index (χ4v) is 15.3. The Morgan fingerprint density at radius 1 is 0.689 bits per heavy atom. The number of amides is 7. The molecule has 6 aromatic carbocycles. The maximum absolute atomic E-state index is 16.3. The van der Waals surface area contributed by atoms with Crippen LogP contribution in [0.25, 0.3) is 22.3 Å². The van der Waals surface area contributed by atoms with Gasteiger partial charge in [0.1, 0.15) is 89.5 Å². The molecule has 7 aromatic rings. The second kappa shape index (κ2) is 37.2. The van der Waals surface area contributed by atoms with Gasteiger partial charge in [-0.15, -0.1) is 0 Å². The van der Waals surface area contributed by atoms with E-state index >= 15 is 24.0 Å². The van der Waals surface area contributed by atoms with Crippen LogP contribution in [0.3, 0.4) is 0 Å². The number of primary amides is 1. The van der Waals surface area contributed by atoms with Crippen molar-refractivity contribution in [2.75, 3.05) is 26.8 Å². The highest BCUT2D eigenvalue weighted by Crippen LogP contribution is 2.51. The van der Waals surface area contributed by atoms with Crippen molar-refractivity contribution in [2.45, 2.75) is 169 Å². The Morgan fingerprint density at radius 3 is 1.92 bits per heavy atom. The Kier molecular flexibility index (Phi) is 27.3. The first-order chi connectivity index (χ1) is 56.7. The van der Waals surface area contributed by atoms with E-state index < -0.39 is 256 Å². The molecule has 38 heteroatoms. The van der Waals surface area contributed by atoms with Gasteiger partial charge in [0.05, 0.1) is 53.5 Å². The third kappa shape index (κ3) is 19.2. The summed E-state index contributed by atoms with van der Waals surface area (Å²) >= 11 is 14.3. The standard InChI is InChI=1S/C81H91Cl2N11O25/c1-34(2)22-48(85-5)73(106)93-63-65(100)40-11-14-52(46(82)24-40)115-54-26-42-27-55(70(54)119-80-71(69(104)68(103)56(33-96)117-80)118-58-30-81(4,72(105)35(3)114-58)88-31-36-6-8-37(9-7-36)38-16-18-86-19-17-38)116-53-15-12-41(25-47(53)83)66(101)64-78(111)92-62(79(112)113)44-28-51(98)45(32-87-20-21-95)67(102)59(44)43-23-39(10-13-50(43)97)60(75(108)94-64)91-76(109)61(42)90-74(107)49(29-57(84)99)89-77(63)110/h6-19,23-28,34-35,48-49,56,58,60-66,68-69,71-72,80,85,87-88,95-98,100-105H,20-22,29-33H2,1-5H3,(H2,84,99)(H,89,110)(H,90,107)(H,91,109)(H,92,111)(H,93,106)(H,94,108)(H,112,113)/t35-,48+,49-,56+,58-,60+,61+,62-,63+,64-,65+,66+,68+,69-,71+,72+,80-,81-/m0/s1. The number of carboxylic acid groups (broad SMARTS) is 1. The van der Waals surface area contributed by atoms with Crippen molar-refractivity contribution >= 4 is 70.5 Å². The normalized spacial score (nSPS) is 26.7. The molecule has 0 aliphatic carbocycles. The zero-order chi connectivity index (χ0) is 85.7. The summed E-state index contributed by atoms with van der Waals surface area (Å²) in [7, 11) is 1.47. The highest BCUT2D eigenvalue weighted by atomic mass is 35.5. The number of carbonyl (C=O) groups excluding carboxylic acids is 7. The van der Waals surface area contributed by atoms with Gasteiger partial charge in [0, 0.05) is 60.7 Å². The third-order valence-corrected chi connectivity index (χ3v) is 21.9. The van der Waals surface area contributed by atoms with Crippen LogP contribution in [0.15, 0.2) is 122 Å². The Hall–Kier alpha value is -10.9. The van der Waals surface area contributed by atoms with E-state index in [-0.39, 0.29) is 59.3 Å². The minimum atomic E-state index is -2.39.